The van der Waals surface area contributed by atoms with Gasteiger partial charge in [0.05, 0.1) is 11.0 Å². The van der Waals surface area contributed by atoms with Gasteiger partial charge in [-0.3, -0.25) is 0 Å². The Morgan fingerprint density at radius 2 is 2.32 bits per heavy atom. The summed E-state index contributed by atoms with van der Waals surface area (Å²) in [7, 11) is 0. The molecule has 1 aromatic carbocycles. The van der Waals surface area contributed by atoms with Crippen molar-refractivity contribution in [1.82, 2.24) is 9.66 Å². The number of nitrogens with zero attached hydrogens (tertiary/aromatic N) is 1. The van der Waals surface area contributed by atoms with Crippen LogP contribution in [0.15, 0.2) is 35.1 Å². The Kier molecular flexibility index (Phi) is 2.73. The van der Waals surface area contributed by atoms with Gasteiger partial charge in [-0.2, -0.15) is 0 Å². The van der Waals surface area contributed by atoms with Crippen LogP contribution in [0.3, 0.4) is 0 Å². The van der Waals surface area contributed by atoms with Crippen molar-refractivity contribution < 1.29 is 0 Å². The van der Waals surface area contributed by atoms with Crippen LogP contribution >= 0.6 is 0 Å². The summed E-state index contributed by atoms with van der Waals surface area (Å²) >= 11 is 0. The van der Waals surface area contributed by atoms with Crippen LogP contribution in [-0.2, 0) is 6.42 Å². The molecule has 0 spiro atoms. The van der Waals surface area contributed by atoms with E-state index in [1.54, 1.807) is 4.68 Å². The fourth-order valence-electron chi connectivity index (χ4n) is 2.98. The van der Waals surface area contributed by atoms with Crippen molar-refractivity contribution in [3.8, 4) is 0 Å². The molecule has 100 valence electrons. The van der Waals surface area contributed by atoms with Crippen LogP contribution in [0.5, 0.6) is 0 Å². The highest BCUT2D eigenvalue weighted by atomic mass is 16.2. The standard InChI is InChI=1S/C15H19N3O/c1-9(2)7-12-8-11-5-4-6-13-14(11)18(15(19)16-13)17-10(12)3/h4-6,10,12,17H,1,7-8H2,2-3H3,(H,16,19)/t10-,12?/m0/s1. The molecule has 4 nitrogen and oxygen atoms in total. The minimum Gasteiger partial charge on any atom is -0.318 e. The van der Waals surface area contributed by atoms with E-state index < -0.39 is 0 Å². The first-order valence-corrected chi connectivity index (χ1v) is 6.70. The summed E-state index contributed by atoms with van der Waals surface area (Å²) in [4.78, 5) is 14.9. The molecule has 2 N–H and O–H groups in total. The van der Waals surface area contributed by atoms with Gasteiger partial charge in [0.15, 0.2) is 0 Å². The maximum absolute atomic E-state index is 12.0. The molecule has 0 aliphatic carbocycles. The second-order valence-electron chi connectivity index (χ2n) is 5.62. The summed E-state index contributed by atoms with van der Waals surface area (Å²) in [6.45, 7) is 8.21. The maximum atomic E-state index is 12.0. The fourth-order valence-corrected chi connectivity index (χ4v) is 2.98. The average molecular weight is 257 g/mol. The number of hydrogen-bond acceptors (Lipinski definition) is 2. The van der Waals surface area contributed by atoms with Crippen LogP contribution in [-0.4, -0.2) is 15.7 Å². The second kappa shape index (κ2) is 4.30. The van der Waals surface area contributed by atoms with Gasteiger partial charge in [-0.05, 0) is 44.2 Å². The van der Waals surface area contributed by atoms with Gasteiger partial charge >= 0.3 is 5.69 Å². The van der Waals surface area contributed by atoms with Crippen molar-refractivity contribution in [3.63, 3.8) is 0 Å². The van der Waals surface area contributed by atoms with Gasteiger partial charge in [-0.25, -0.2) is 9.47 Å². The van der Waals surface area contributed by atoms with Gasteiger partial charge in [0, 0.05) is 6.04 Å². The molecule has 2 heterocycles. The van der Waals surface area contributed by atoms with Crippen LogP contribution < -0.4 is 11.1 Å². The highest BCUT2D eigenvalue weighted by molar-refractivity contribution is 5.79. The van der Waals surface area contributed by atoms with Gasteiger partial charge in [-0.1, -0.05) is 17.7 Å². The van der Waals surface area contributed by atoms with Crippen molar-refractivity contribution in [2.75, 3.05) is 5.43 Å². The van der Waals surface area contributed by atoms with E-state index in [0.717, 1.165) is 23.9 Å². The number of H-pyrrole nitrogens is 1. The van der Waals surface area contributed by atoms with E-state index >= 15 is 0 Å². The quantitative estimate of drug-likeness (QED) is 0.812. The maximum Gasteiger partial charge on any atom is 0.345 e. The van der Waals surface area contributed by atoms with Gasteiger partial charge in [-0.15, -0.1) is 6.58 Å². The number of aromatic nitrogens is 2. The highest BCUT2D eigenvalue weighted by Gasteiger charge is 2.25. The molecule has 1 aliphatic heterocycles. The van der Waals surface area contributed by atoms with Crippen molar-refractivity contribution in [1.29, 1.82) is 0 Å². The Labute approximate surface area is 112 Å². The third-order valence-electron chi connectivity index (χ3n) is 3.92. The second-order valence-corrected chi connectivity index (χ2v) is 5.62. The summed E-state index contributed by atoms with van der Waals surface area (Å²) in [5, 5.41) is 0. The molecule has 1 aromatic heterocycles. The van der Waals surface area contributed by atoms with Crippen LogP contribution in [0.4, 0.5) is 0 Å². The molecule has 2 aromatic rings. The monoisotopic (exact) mass is 257 g/mol. The Hall–Kier alpha value is -1.97. The first-order valence-electron chi connectivity index (χ1n) is 6.70. The van der Waals surface area contributed by atoms with E-state index in [2.05, 4.69) is 36.9 Å². The molecule has 0 bridgehead atoms. The zero-order valence-corrected chi connectivity index (χ0v) is 11.4. The van der Waals surface area contributed by atoms with Crippen LogP contribution in [0.1, 0.15) is 25.8 Å². The van der Waals surface area contributed by atoms with E-state index in [1.165, 1.54) is 11.1 Å². The van der Waals surface area contributed by atoms with Gasteiger partial charge in [0.25, 0.3) is 0 Å². The van der Waals surface area contributed by atoms with Crippen molar-refractivity contribution in [3.05, 3.63) is 46.4 Å². The molecule has 0 saturated heterocycles. The van der Waals surface area contributed by atoms with Crippen molar-refractivity contribution >= 4 is 11.0 Å². The van der Waals surface area contributed by atoms with Crippen LogP contribution in [0, 0.1) is 5.92 Å². The van der Waals surface area contributed by atoms with Gasteiger partial charge in [0.1, 0.15) is 0 Å². The molecule has 0 saturated carbocycles. The molecule has 1 aliphatic rings. The summed E-state index contributed by atoms with van der Waals surface area (Å²) in [5.41, 5.74) is 7.53. The molecule has 1 unspecified atom stereocenters. The Bertz CT molecular complexity index is 695. The zero-order valence-electron chi connectivity index (χ0n) is 11.4. The van der Waals surface area contributed by atoms with Crippen LogP contribution in [0.2, 0.25) is 0 Å². The first kappa shape index (κ1) is 12.1. The van der Waals surface area contributed by atoms with Crippen LogP contribution in [0.25, 0.3) is 11.0 Å². The van der Waals surface area contributed by atoms with E-state index in [4.69, 9.17) is 0 Å². The Morgan fingerprint density at radius 3 is 3.05 bits per heavy atom. The molecular weight excluding hydrogens is 238 g/mol. The minimum atomic E-state index is -0.0923. The predicted molar refractivity (Wildman–Crippen MR) is 78.0 cm³/mol. The third kappa shape index (κ3) is 1.97. The molecule has 0 fully saturated rings. The minimum absolute atomic E-state index is 0.0923. The lowest BCUT2D eigenvalue weighted by atomic mass is 9.88. The van der Waals surface area contributed by atoms with Gasteiger partial charge < -0.3 is 10.4 Å². The molecule has 0 amide bonds. The predicted octanol–water partition coefficient (Wildman–Crippen LogP) is 2.40. The number of nitrogens with one attached hydrogen (secondary N) is 2. The summed E-state index contributed by atoms with van der Waals surface area (Å²) in [5.74, 6) is 0.461. The zero-order chi connectivity index (χ0) is 13.6. The number of rotatable bonds is 2. The third-order valence-corrected chi connectivity index (χ3v) is 3.92. The topological polar surface area (TPSA) is 49.8 Å². The molecule has 0 radical (unpaired) electrons. The van der Waals surface area contributed by atoms with E-state index in [-0.39, 0.29) is 11.7 Å². The number of allylic oxidation sites excluding steroid dienone is 1. The molecule has 19 heavy (non-hydrogen) atoms. The molecule has 2 atom stereocenters. The first-order chi connectivity index (χ1) is 9.06. The lowest BCUT2D eigenvalue weighted by Crippen LogP contribution is -2.36. The Morgan fingerprint density at radius 1 is 1.53 bits per heavy atom. The number of aromatic amines is 1. The Balaban J connectivity index is 2.13. The molecular formula is C15H19N3O. The number of hydrogen-bond donors (Lipinski definition) is 2. The molecule has 3 rings (SSSR count). The largest absolute Gasteiger partial charge is 0.345 e. The summed E-state index contributed by atoms with van der Waals surface area (Å²) in [6, 6.07) is 6.30. The van der Waals surface area contributed by atoms with Crippen molar-refractivity contribution in [2.24, 2.45) is 5.92 Å². The van der Waals surface area contributed by atoms with E-state index in [9.17, 15) is 4.79 Å². The van der Waals surface area contributed by atoms with E-state index in [1.807, 2.05) is 12.1 Å². The average Bonchev–Trinajstić information content (AvgIpc) is 2.57. The van der Waals surface area contributed by atoms with E-state index in [0.29, 0.717) is 5.92 Å². The van der Waals surface area contributed by atoms with Crippen molar-refractivity contribution in [2.45, 2.75) is 32.7 Å². The van der Waals surface area contributed by atoms with Gasteiger partial charge in [0.2, 0.25) is 0 Å². The number of benzene rings is 1. The number of imidazole rings is 1. The fraction of sp³-hybridized carbons (Fsp3) is 0.400. The highest BCUT2D eigenvalue weighted by Crippen LogP contribution is 2.27. The summed E-state index contributed by atoms with van der Waals surface area (Å²) < 4.78 is 1.66. The number of para-hydroxylation sites is 1. The lowest BCUT2D eigenvalue weighted by Gasteiger charge is -2.23. The smallest absolute Gasteiger partial charge is 0.318 e. The lowest BCUT2D eigenvalue weighted by molar-refractivity contribution is 0.444. The SMILES string of the molecule is C=C(C)CC1Cc2cccc3[nH]c(=O)n(c23)N[C@H]1C. The normalized spacial score (nSPS) is 22.0. The molecule has 4 heteroatoms. The summed E-state index contributed by atoms with van der Waals surface area (Å²) in [6.07, 6.45) is 1.95.